The number of benzene rings is 1. The number of aromatic nitrogens is 3. The largest absolute Gasteiger partial charge is 0.488 e. The summed E-state index contributed by atoms with van der Waals surface area (Å²) < 4.78 is 13.5. The summed E-state index contributed by atoms with van der Waals surface area (Å²) in [5, 5.41) is 8.93. The van der Waals surface area contributed by atoms with Crippen LogP contribution in [-0.2, 0) is 17.8 Å². The lowest BCUT2D eigenvalue weighted by molar-refractivity contribution is 0.0120. The van der Waals surface area contributed by atoms with Gasteiger partial charge in [0, 0.05) is 38.7 Å². The standard InChI is InChI=1S/C19H27N5O2/c1-25-8-7-24-18(21-22-19(24)14-9-15(20)10-14)13-23-11-17(12-23)26-16-5-3-2-4-6-16/h2-6,14-15,17H,7-13,20H2,1H3. The Morgan fingerprint density at radius 2 is 1.92 bits per heavy atom. The van der Waals surface area contributed by atoms with Crippen molar-refractivity contribution in [3.63, 3.8) is 0 Å². The van der Waals surface area contributed by atoms with Crippen LogP contribution in [0.3, 0.4) is 0 Å². The van der Waals surface area contributed by atoms with E-state index in [2.05, 4.69) is 19.7 Å². The summed E-state index contributed by atoms with van der Waals surface area (Å²) in [5.41, 5.74) is 5.95. The predicted molar refractivity (Wildman–Crippen MR) is 98.0 cm³/mol. The minimum atomic E-state index is 0.247. The Kier molecular flexibility index (Phi) is 5.19. The molecule has 0 amide bonds. The fraction of sp³-hybridized carbons (Fsp3) is 0.579. The van der Waals surface area contributed by atoms with E-state index in [9.17, 15) is 0 Å². The Balaban J connectivity index is 1.34. The summed E-state index contributed by atoms with van der Waals surface area (Å²) in [5.74, 6) is 3.45. The monoisotopic (exact) mass is 357 g/mol. The molecule has 7 nitrogen and oxygen atoms in total. The number of rotatable bonds is 8. The highest BCUT2D eigenvalue weighted by molar-refractivity contribution is 5.21. The first-order valence-corrected chi connectivity index (χ1v) is 9.33. The highest BCUT2D eigenvalue weighted by Gasteiger charge is 2.34. The molecule has 1 saturated heterocycles. The van der Waals surface area contributed by atoms with Crippen molar-refractivity contribution < 1.29 is 9.47 Å². The third kappa shape index (κ3) is 3.75. The summed E-state index contributed by atoms with van der Waals surface area (Å²) >= 11 is 0. The van der Waals surface area contributed by atoms with E-state index in [0.29, 0.717) is 18.6 Å². The van der Waals surface area contributed by atoms with Gasteiger partial charge in [0.05, 0.1) is 13.2 Å². The van der Waals surface area contributed by atoms with E-state index in [1.807, 2.05) is 30.3 Å². The third-order valence-corrected chi connectivity index (χ3v) is 5.25. The zero-order chi connectivity index (χ0) is 17.9. The quantitative estimate of drug-likeness (QED) is 0.769. The molecule has 1 aromatic carbocycles. The number of methoxy groups -OCH3 is 1. The van der Waals surface area contributed by atoms with Crippen molar-refractivity contribution in [3.05, 3.63) is 42.0 Å². The molecule has 0 radical (unpaired) electrons. The van der Waals surface area contributed by atoms with E-state index >= 15 is 0 Å². The summed E-state index contributed by atoms with van der Waals surface area (Å²) in [4.78, 5) is 2.34. The minimum absolute atomic E-state index is 0.247. The number of hydrogen-bond donors (Lipinski definition) is 1. The SMILES string of the molecule is COCCn1c(CN2CC(Oc3ccccc3)C2)nnc1C1CC(N)C1. The molecular weight excluding hydrogens is 330 g/mol. The molecule has 1 aromatic heterocycles. The number of para-hydroxylation sites is 1. The van der Waals surface area contributed by atoms with Gasteiger partial charge in [0.15, 0.2) is 0 Å². The lowest BCUT2D eigenvalue weighted by Crippen LogP contribution is -2.53. The molecule has 2 N–H and O–H groups in total. The maximum absolute atomic E-state index is 5.98. The summed E-state index contributed by atoms with van der Waals surface area (Å²) in [6, 6.07) is 10.3. The van der Waals surface area contributed by atoms with E-state index in [1.165, 1.54) is 0 Å². The van der Waals surface area contributed by atoms with Crippen molar-refractivity contribution in [2.45, 2.75) is 44.0 Å². The van der Waals surface area contributed by atoms with Gasteiger partial charge in [-0.25, -0.2) is 0 Å². The Hall–Kier alpha value is -1.96. The van der Waals surface area contributed by atoms with Gasteiger partial charge < -0.3 is 19.8 Å². The molecule has 2 heterocycles. The van der Waals surface area contributed by atoms with Crippen LogP contribution in [0.4, 0.5) is 0 Å². The second-order valence-corrected chi connectivity index (χ2v) is 7.29. The number of hydrogen-bond acceptors (Lipinski definition) is 6. The smallest absolute Gasteiger partial charge is 0.147 e. The van der Waals surface area contributed by atoms with Crippen molar-refractivity contribution >= 4 is 0 Å². The van der Waals surface area contributed by atoms with Gasteiger partial charge in [-0.1, -0.05) is 18.2 Å². The van der Waals surface area contributed by atoms with Crippen LogP contribution in [0.1, 0.15) is 30.4 Å². The van der Waals surface area contributed by atoms with Crippen LogP contribution in [0.5, 0.6) is 5.75 Å². The summed E-state index contributed by atoms with van der Waals surface area (Å²) in [6.45, 7) is 4.07. The van der Waals surface area contributed by atoms with Crippen molar-refractivity contribution in [1.82, 2.24) is 19.7 Å². The van der Waals surface area contributed by atoms with Crippen molar-refractivity contribution in [3.8, 4) is 5.75 Å². The van der Waals surface area contributed by atoms with Gasteiger partial charge in [-0.2, -0.15) is 0 Å². The Bertz CT molecular complexity index is 708. The normalized spacial score (nSPS) is 23.5. The average Bonchev–Trinajstić information content (AvgIpc) is 2.98. The van der Waals surface area contributed by atoms with Gasteiger partial charge in [0.1, 0.15) is 23.5 Å². The van der Waals surface area contributed by atoms with Gasteiger partial charge in [-0.05, 0) is 25.0 Å². The molecule has 1 aliphatic carbocycles. The number of likely N-dealkylation sites (tertiary alicyclic amines) is 1. The minimum Gasteiger partial charge on any atom is -0.488 e. The van der Waals surface area contributed by atoms with Crippen LogP contribution < -0.4 is 10.5 Å². The summed E-state index contributed by atoms with van der Waals surface area (Å²) in [7, 11) is 1.73. The number of ether oxygens (including phenoxy) is 2. The average molecular weight is 357 g/mol. The first kappa shape index (κ1) is 17.5. The molecule has 2 fully saturated rings. The van der Waals surface area contributed by atoms with E-state index in [1.54, 1.807) is 7.11 Å². The van der Waals surface area contributed by atoms with Crippen LogP contribution in [0.15, 0.2) is 30.3 Å². The zero-order valence-corrected chi connectivity index (χ0v) is 15.3. The number of nitrogens with zero attached hydrogens (tertiary/aromatic N) is 4. The van der Waals surface area contributed by atoms with E-state index in [4.69, 9.17) is 15.2 Å². The van der Waals surface area contributed by atoms with Crippen LogP contribution in [0.2, 0.25) is 0 Å². The Labute approximate surface area is 154 Å². The zero-order valence-electron chi connectivity index (χ0n) is 15.3. The molecular formula is C19H27N5O2. The van der Waals surface area contributed by atoms with Crippen LogP contribution in [-0.4, -0.2) is 58.6 Å². The highest BCUT2D eigenvalue weighted by Crippen LogP contribution is 2.35. The molecule has 0 unspecified atom stereocenters. The van der Waals surface area contributed by atoms with Gasteiger partial charge in [0.2, 0.25) is 0 Å². The van der Waals surface area contributed by atoms with Crippen LogP contribution in [0.25, 0.3) is 0 Å². The predicted octanol–water partition coefficient (Wildman–Crippen LogP) is 1.39. The van der Waals surface area contributed by atoms with Gasteiger partial charge in [-0.15, -0.1) is 10.2 Å². The van der Waals surface area contributed by atoms with Gasteiger partial charge in [0.25, 0.3) is 0 Å². The molecule has 140 valence electrons. The molecule has 1 aliphatic heterocycles. The van der Waals surface area contributed by atoms with Gasteiger partial charge in [-0.3, -0.25) is 4.90 Å². The number of nitrogens with two attached hydrogens (primary N) is 1. The molecule has 0 spiro atoms. The molecule has 26 heavy (non-hydrogen) atoms. The van der Waals surface area contributed by atoms with E-state index in [0.717, 1.165) is 56.4 Å². The molecule has 7 heteroatoms. The molecule has 4 rings (SSSR count). The van der Waals surface area contributed by atoms with Crippen molar-refractivity contribution in [1.29, 1.82) is 0 Å². The van der Waals surface area contributed by atoms with Crippen molar-refractivity contribution in [2.75, 3.05) is 26.8 Å². The molecule has 2 aromatic rings. The first-order valence-electron chi connectivity index (χ1n) is 9.33. The molecule has 0 bridgehead atoms. The first-order chi connectivity index (χ1) is 12.7. The topological polar surface area (TPSA) is 78.4 Å². The molecule has 0 atom stereocenters. The lowest BCUT2D eigenvalue weighted by Gasteiger charge is -2.38. The second-order valence-electron chi connectivity index (χ2n) is 7.29. The Morgan fingerprint density at radius 1 is 1.15 bits per heavy atom. The molecule has 1 saturated carbocycles. The maximum atomic E-state index is 5.98. The van der Waals surface area contributed by atoms with Crippen LogP contribution in [0, 0.1) is 0 Å². The fourth-order valence-electron chi connectivity index (χ4n) is 3.68. The molecule has 2 aliphatic rings. The third-order valence-electron chi connectivity index (χ3n) is 5.25. The maximum Gasteiger partial charge on any atom is 0.147 e. The van der Waals surface area contributed by atoms with Crippen molar-refractivity contribution in [2.24, 2.45) is 5.73 Å². The van der Waals surface area contributed by atoms with Crippen LogP contribution >= 0.6 is 0 Å². The lowest BCUT2D eigenvalue weighted by atomic mass is 9.80. The second kappa shape index (κ2) is 7.73. The Morgan fingerprint density at radius 3 is 2.62 bits per heavy atom. The fourth-order valence-corrected chi connectivity index (χ4v) is 3.68. The highest BCUT2D eigenvalue weighted by atomic mass is 16.5. The summed E-state index contributed by atoms with van der Waals surface area (Å²) in [6.07, 6.45) is 2.25. The van der Waals surface area contributed by atoms with E-state index in [-0.39, 0.29) is 6.10 Å². The van der Waals surface area contributed by atoms with Gasteiger partial charge >= 0.3 is 0 Å². The van der Waals surface area contributed by atoms with E-state index < -0.39 is 0 Å².